The summed E-state index contributed by atoms with van der Waals surface area (Å²) in [7, 11) is 0. The van der Waals surface area contributed by atoms with Crippen LogP contribution in [-0.4, -0.2) is 26.1 Å². The van der Waals surface area contributed by atoms with Crippen molar-refractivity contribution >= 4 is 11.5 Å². The zero-order valence-electron chi connectivity index (χ0n) is 13.9. The maximum absolute atomic E-state index is 13.2. The van der Waals surface area contributed by atoms with E-state index in [0.29, 0.717) is 17.4 Å². The molecule has 0 aliphatic carbocycles. The number of imidazole rings is 1. The quantitative estimate of drug-likeness (QED) is 0.717. The maximum atomic E-state index is 13.2. The number of hydrogen-bond acceptors (Lipinski definition) is 4. The van der Waals surface area contributed by atoms with Crippen molar-refractivity contribution in [1.82, 2.24) is 19.6 Å². The van der Waals surface area contributed by atoms with E-state index in [0.717, 1.165) is 25.1 Å². The van der Waals surface area contributed by atoms with Crippen LogP contribution in [0.15, 0.2) is 42.7 Å². The van der Waals surface area contributed by atoms with Crippen LogP contribution in [0.25, 0.3) is 5.65 Å². The molecular weight excluding hydrogens is 324 g/mol. The molecule has 0 amide bonds. The van der Waals surface area contributed by atoms with Gasteiger partial charge < -0.3 is 4.90 Å². The lowest BCUT2D eigenvalue weighted by molar-refractivity contribution is 0.143. The molecule has 7 heteroatoms. The van der Waals surface area contributed by atoms with Crippen LogP contribution in [0, 0.1) is 5.92 Å². The summed E-state index contributed by atoms with van der Waals surface area (Å²) >= 11 is 0. The predicted octanol–water partition coefficient (Wildman–Crippen LogP) is 4.04. The Morgan fingerprint density at radius 1 is 1.20 bits per heavy atom. The van der Waals surface area contributed by atoms with Gasteiger partial charge in [0.1, 0.15) is 11.5 Å². The summed E-state index contributed by atoms with van der Waals surface area (Å²) < 4.78 is 27.6. The van der Waals surface area contributed by atoms with Crippen molar-refractivity contribution in [3.05, 3.63) is 54.1 Å². The van der Waals surface area contributed by atoms with Gasteiger partial charge in [-0.15, -0.1) is 5.10 Å². The van der Waals surface area contributed by atoms with Crippen molar-refractivity contribution in [3.8, 4) is 0 Å². The second kappa shape index (κ2) is 6.38. The SMILES string of the molecule is CC[C@H]1C[C@H](c2ccccn2)N(c2ccc3ncc(C(F)F)n3n2)C1. The third-order valence-electron chi connectivity index (χ3n) is 4.89. The Hall–Kier alpha value is -2.57. The van der Waals surface area contributed by atoms with Crippen LogP contribution < -0.4 is 4.90 Å². The summed E-state index contributed by atoms with van der Waals surface area (Å²) in [4.78, 5) is 10.7. The molecular formula is C18H19F2N5. The standard InChI is InChI=1S/C18H19F2N5/c1-2-12-9-14(13-5-3-4-8-21-13)24(11-12)17-7-6-16-22-10-15(18(19)20)25(16)23-17/h3-8,10,12,14,18H,2,9,11H2,1H3/t12-,14+/m0/s1. The Bertz CT molecular complexity index is 864. The Kier molecular flexibility index (Phi) is 4.07. The summed E-state index contributed by atoms with van der Waals surface area (Å²) in [6, 6.07) is 9.57. The van der Waals surface area contributed by atoms with Crippen LogP contribution in [0.4, 0.5) is 14.6 Å². The number of hydrogen-bond donors (Lipinski definition) is 0. The molecule has 0 radical (unpaired) electrons. The molecule has 4 heterocycles. The maximum Gasteiger partial charge on any atom is 0.282 e. The third-order valence-corrected chi connectivity index (χ3v) is 4.89. The molecule has 1 saturated heterocycles. The lowest BCUT2D eigenvalue weighted by atomic mass is 10.0. The van der Waals surface area contributed by atoms with E-state index >= 15 is 0 Å². The highest BCUT2D eigenvalue weighted by Gasteiger charge is 2.34. The highest BCUT2D eigenvalue weighted by Crippen LogP contribution is 2.38. The number of pyridine rings is 1. The fourth-order valence-corrected chi connectivity index (χ4v) is 3.51. The molecule has 3 aromatic heterocycles. The van der Waals surface area contributed by atoms with E-state index in [1.54, 1.807) is 12.3 Å². The number of nitrogens with zero attached hydrogens (tertiary/aromatic N) is 5. The van der Waals surface area contributed by atoms with Gasteiger partial charge in [-0.05, 0) is 36.6 Å². The van der Waals surface area contributed by atoms with Gasteiger partial charge >= 0.3 is 0 Å². The average Bonchev–Trinajstić information content (AvgIpc) is 3.26. The van der Waals surface area contributed by atoms with Gasteiger partial charge in [0.15, 0.2) is 5.65 Å². The van der Waals surface area contributed by atoms with Crippen molar-refractivity contribution in [3.63, 3.8) is 0 Å². The van der Waals surface area contributed by atoms with Gasteiger partial charge in [0.05, 0.1) is 17.9 Å². The number of fused-ring (bicyclic) bond motifs is 1. The molecule has 0 N–H and O–H groups in total. The van der Waals surface area contributed by atoms with E-state index in [2.05, 4.69) is 26.9 Å². The molecule has 25 heavy (non-hydrogen) atoms. The van der Waals surface area contributed by atoms with Gasteiger partial charge in [-0.1, -0.05) is 19.4 Å². The fourth-order valence-electron chi connectivity index (χ4n) is 3.51. The number of rotatable bonds is 4. The largest absolute Gasteiger partial charge is 0.346 e. The van der Waals surface area contributed by atoms with Crippen LogP contribution in [0.2, 0.25) is 0 Å². The second-order valence-electron chi connectivity index (χ2n) is 6.38. The number of anilines is 1. The summed E-state index contributed by atoms with van der Waals surface area (Å²) in [6.45, 7) is 3.01. The summed E-state index contributed by atoms with van der Waals surface area (Å²) in [5, 5.41) is 4.46. The van der Waals surface area contributed by atoms with Crippen molar-refractivity contribution in [2.45, 2.75) is 32.2 Å². The molecule has 2 atom stereocenters. The Labute approximate surface area is 144 Å². The van der Waals surface area contributed by atoms with Crippen LogP contribution in [0.5, 0.6) is 0 Å². The van der Waals surface area contributed by atoms with Gasteiger partial charge in [-0.25, -0.2) is 18.3 Å². The zero-order valence-corrected chi connectivity index (χ0v) is 13.9. The monoisotopic (exact) mass is 343 g/mol. The van der Waals surface area contributed by atoms with Gasteiger partial charge in [0.25, 0.3) is 6.43 Å². The van der Waals surface area contributed by atoms with Gasteiger partial charge in [-0.3, -0.25) is 4.98 Å². The first-order valence-electron chi connectivity index (χ1n) is 8.47. The lowest BCUT2D eigenvalue weighted by Crippen LogP contribution is -2.25. The molecule has 1 fully saturated rings. The molecule has 0 aromatic carbocycles. The van der Waals surface area contributed by atoms with Gasteiger partial charge in [-0.2, -0.15) is 0 Å². The molecule has 1 aliphatic heterocycles. The Balaban J connectivity index is 1.75. The minimum Gasteiger partial charge on any atom is -0.346 e. The minimum atomic E-state index is -2.61. The molecule has 5 nitrogen and oxygen atoms in total. The first kappa shape index (κ1) is 15.9. The van der Waals surface area contributed by atoms with Crippen molar-refractivity contribution in [1.29, 1.82) is 0 Å². The van der Waals surface area contributed by atoms with Gasteiger partial charge in [0, 0.05) is 12.7 Å². The predicted molar refractivity (Wildman–Crippen MR) is 90.7 cm³/mol. The first-order chi connectivity index (χ1) is 12.2. The topological polar surface area (TPSA) is 46.3 Å². The van der Waals surface area contributed by atoms with Crippen molar-refractivity contribution < 1.29 is 8.78 Å². The van der Waals surface area contributed by atoms with Crippen molar-refractivity contribution in [2.24, 2.45) is 5.92 Å². The van der Waals surface area contributed by atoms with E-state index in [1.165, 1.54) is 10.7 Å². The minimum absolute atomic E-state index is 0.106. The van der Waals surface area contributed by atoms with Crippen LogP contribution in [0.1, 0.15) is 43.6 Å². The van der Waals surface area contributed by atoms with E-state index in [9.17, 15) is 8.78 Å². The van der Waals surface area contributed by atoms with E-state index in [4.69, 9.17) is 0 Å². The smallest absolute Gasteiger partial charge is 0.282 e. The third kappa shape index (κ3) is 2.83. The molecule has 0 saturated carbocycles. The van der Waals surface area contributed by atoms with Crippen LogP contribution in [0.3, 0.4) is 0 Å². The fraction of sp³-hybridized carbons (Fsp3) is 0.389. The number of halogens is 2. The van der Waals surface area contributed by atoms with Gasteiger partial charge in [0.2, 0.25) is 0 Å². The summed E-state index contributed by atoms with van der Waals surface area (Å²) in [6.07, 6.45) is 2.42. The molecule has 0 unspecified atom stereocenters. The Morgan fingerprint density at radius 2 is 2.08 bits per heavy atom. The lowest BCUT2D eigenvalue weighted by Gasteiger charge is -2.25. The van der Waals surface area contributed by atoms with Crippen LogP contribution >= 0.6 is 0 Å². The van der Waals surface area contributed by atoms with E-state index in [1.807, 2.05) is 24.3 Å². The molecule has 0 bridgehead atoms. The highest BCUT2D eigenvalue weighted by molar-refractivity contribution is 5.49. The number of alkyl halides is 2. The zero-order chi connectivity index (χ0) is 17.4. The number of aromatic nitrogens is 4. The molecule has 3 aromatic rings. The normalized spacial score (nSPS) is 20.7. The molecule has 0 spiro atoms. The van der Waals surface area contributed by atoms with Crippen molar-refractivity contribution in [2.75, 3.05) is 11.4 Å². The Morgan fingerprint density at radius 3 is 2.80 bits per heavy atom. The molecule has 4 rings (SSSR count). The van der Waals surface area contributed by atoms with E-state index < -0.39 is 6.43 Å². The average molecular weight is 343 g/mol. The molecule has 130 valence electrons. The second-order valence-corrected chi connectivity index (χ2v) is 6.38. The van der Waals surface area contributed by atoms with E-state index in [-0.39, 0.29) is 11.7 Å². The molecule has 1 aliphatic rings. The van der Waals surface area contributed by atoms with Crippen LogP contribution in [-0.2, 0) is 0 Å². The highest BCUT2D eigenvalue weighted by atomic mass is 19.3. The summed E-state index contributed by atoms with van der Waals surface area (Å²) in [5.74, 6) is 1.21. The first-order valence-corrected chi connectivity index (χ1v) is 8.47. The summed E-state index contributed by atoms with van der Waals surface area (Å²) in [5.41, 5.74) is 1.23.